The lowest BCUT2D eigenvalue weighted by Crippen LogP contribution is -2.14. The number of halogens is 2. The maximum Gasteiger partial charge on any atom is 0.255 e. The van der Waals surface area contributed by atoms with Crippen LogP contribution in [0.5, 0.6) is 5.75 Å². The van der Waals surface area contributed by atoms with Gasteiger partial charge >= 0.3 is 0 Å². The van der Waals surface area contributed by atoms with Crippen LogP contribution in [0.3, 0.4) is 0 Å². The van der Waals surface area contributed by atoms with Crippen LogP contribution in [0.4, 0.5) is 11.4 Å². The topological polar surface area (TPSA) is 67.4 Å². The Balaban J connectivity index is 1.71. The lowest BCUT2D eigenvalue weighted by molar-refractivity contribution is 0.101. The monoisotopic (exact) mass is 458 g/mol. The number of hydrogen-bond donors (Lipinski definition) is 2. The Morgan fingerprint density at radius 2 is 1.46 bits per heavy atom. The van der Waals surface area contributed by atoms with E-state index in [1.165, 1.54) is 0 Å². The molecule has 0 bridgehead atoms. The first-order valence-corrected chi connectivity index (χ1v) is 9.45. The number of anilines is 2. The summed E-state index contributed by atoms with van der Waals surface area (Å²) >= 11 is 9.29. The van der Waals surface area contributed by atoms with Gasteiger partial charge in [0.05, 0.1) is 11.6 Å². The van der Waals surface area contributed by atoms with Gasteiger partial charge in [-0.15, -0.1) is 0 Å². The molecule has 2 N–H and O–H groups in total. The third-order valence-corrected chi connectivity index (χ3v) is 4.73. The minimum absolute atomic E-state index is 0.276. The molecule has 0 aliphatic heterocycles. The summed E-state index contributed by atoms with van der Waals surface area (Å²) in [5, 5.41) is 6.09. The van der Waals surface area contributed by atoms with E-state index in [9.17, 15) is 9.59 Å². The van der Waals surface area contributed by atoms with Crippen LogP contribution in [-0.4, -0.2) is 18.9 Å². The maximum absolute atomic E-state index is 12.5. The molecule has 0 heterocycles. The second kappa shape index (κ2) is 8.91. The molecule has 0 atom stereocenters. The zero-order chi connectivity index (χ0) is 20.1. The number of hydrogen-bond acceptors (Lipinski definition) is 3. The molecule has 2 amide bonds. The highest BCUT2D eigenvalue weighted by atomic mass is 79.9. The number of nitrogens with one attached hydrogen (secondary N) is 2. The molecule has 0 saturated carbocycles. The number of amides is 2. The number of benzene rings is 3. The summed E-state index contributed by atoms with van der Waals surface area (Å²) in [5.74, 6) is 0.0778. The molecule has 0 unspecified atom stereocenters. The van der Waals surface area contributed by atoms with Crippen LogP contribution in [-0.2, 0) is 0 Å². The smallest absolute Gasteiger partial charge is 0.255 e. The van der Waals surface area contributed by atoms with Gasteiger partial charge in [-0.2, -0.15) is 0 Å². The van der Waals surface area contributed by atoms with Crippen LogP contribution in [0.15, 0.2) is 71.2 Å². The Kier molecular flexibility index (Phi) is 6.34. The Labute approximate surface area is 175 Å². The van der Waals surface area contributed by atoms with Gasteiger partial charge in [0.15, 0.2) is 0 Å². The zero-order valence-electron chi connectivity index (χ0n) is 14.8. The Hall–Kier alpha value is -2.83. The van der Waals surface area contributed by atoms with E-state index in [1.807, 2.05) is 0 Å². The van der Waals surface area contributed by atoms with E-state index < -0.39 is 0 Å². The zero-order valence-corrected chi connectivity index (χ0v) is 17.2. The first-order chi connectivity index (χ1) is 13.5. The minimum atomic E-state index is -0.287. The average Bonchev–Trinajstić information content (AvgIpc) is 2.68. The first kappa shape index (κ1) is 19.9. The predicted octanol–water partition coefficient (Wildman–Crippen LogP) is 5.62. The summed E-state index contributed by atoms with van der Waals surface area (Å²) in [6, 6.07) is 18.6. The molecule has 0 saturated heterocycles. The van der Waals surface area contributed by atoms with Gasteiger partial charge in [-0.05, 0) is 70.5 Å². The van der Waals surface area contributed by atoms with Crippen LogP contribution in [0.1, 0.15) is 20.7 Å². The Morgan fingerprint density at radius 3 is 2.04 bits per heavy atom. The fourth-order valence-electron chi connectivity index (χ4n) is 2.52. The minimum Gasteiger partial charge on any atom is -0.496 e. The molecule has 142 valence electrons. The van der Waals surface area contributed by atoms with Crippen molar-refractivity contribution < 1.29 is 14.3 Å². The molecular formula is C21H16BrClN2O3. The number of carbonyl (C=O) groups excluding carboxylic acids is 2. The van der Waals surface area contributed by atoms with E-state index in [0.29, 0.717) is 37.7 Å². The van der Waals surface area contributed by atoms with Gasteiger partial charge in [0.25, 0.3) is 11.8 Å². The first-order valence-electron chi connectivity index (χ1n) is 8.28. The molecule has 5 nitrogen and oxygen atoms in total. The second-order valence-electron chi connectivity index (χ2n) is 5.85. The van der Waals surface area contributed by atoms with E-state index in [-0.39, 0.29) is 11.8 Å². The summed E-state index contributed by atoms with van der Waals surface area (Å²) in [5.41, 5.74) is 2.03. The second-order valence-corrected chi connectivity index (χ2v) is 7.14. The number of ether oxygens (including phenoxy) is 1. The van der Waals surface area contributed by atoms with Crippen molar-refractivity contribution in [2.24, 2.45) is 0 Å². The van der Waals surface area contributed by atoms with Gasteiger partial charge in [0.2, 0.25) is 0 Å². The normalized spacial score (nSPS) is 10.2. The average molecular weight is 460 g/mol. The van der Waals surface area contributed by atoms with Crippen molar-refractivity contribution in [3.05, 3.63) is 87.4 Å². The third-order valence-electron chi connectivity index (χ3n) is 3.88. The number of carbonyl (C=O) groups is 2. The molecule has 0 radical (unpaired) electrons. The van der Waals surface area contributed by atoms with E-state index in [0.717, 1.165) is 0 Å². The van der Waals surface area contributed by atoms with Crippen molar-refractivity contribution in [1.82, 2.24) is 0 Å². The van der Waals surface area contributed by atoms with Crippen molar-refractivity contribution in [2.75, 3.05) is 17.7 Å². The fourth-order valence-corrected chi connectivity index (χ4v) is 3.25. The molecule has 3 rings (SSSR count). The van der Waals surface area contributed by atoms with Gasteiger partial charge in [0, 0.05) is 27.5 Å². The largest absolute Gasteiger partial charge is 0.496 e. The molecular weight excluding hydrogens is 444 g/mol. The predicted molar refractivity (Wildman–Crippen MR) is 114 cm³/mol. The van der Waals surface area contributed by atoms with Crippen LogP contribution in [0.25, 0.3) is 0 Å². The lowest BCUT2D eigenvalue weighted by atomic mass is 10.2. The molecule has 28 heavy (non-hydrogen) atoms. The van der Waals surface area contributed by atoms with E-state index in [4.69, 9.17) is 16.3 Å². The number of methoxy groups -OCH3 is 1. The fraction of sp³-hybridized carbons (Fsp3) is 0.0476. The van der Waals surface area contributed by atoms with Crippen molar-refractivity contribution in [3.63, 3.8) is 0 Å². The van der Waals surface area contributed by atoms with Crippen LogP contribution < -0.4 is 15.4 Å². The quantitative estimate of drug-likeness (QED) is 0.521. The van der Waals surface area contributed by atoms with Crippen molar-refractivity contribution in [3.8, 4) is 5.75 Å². The van der Waals surface area contributed by atoms with Crippen LogP contribution in [0, 0.1) is 0 Å². The van der Waals surface area contributed by atoms with Gasteiger partial charge in [-0.1, -0.05) is 23.7 Å². The van der Waals surface area contributed by atoms with Crippen molar-refractivity contribution >= 4 is 50.7 Å². The maximum atomic E-state index is 12.5. The van der Waals surface area contributed by atoms with Gasteiger partial charge in [-0.25, -0.2) is 0 Å². The van der Waals surface area contributed by atoms with Gasteiger partial charge in [-0.3, -0.25) is 9.59 Å². The van der Waals surface area contributed by atoms with E-state index in [1.54, 1.807) is 73.8 Å². The van der Waals surface area contributed by atoms with Crippen LogP contribution >= 0.6 is 27.5 Å². The summed E-state index contributed by atoms with van der Waals surface area (Å²) in [6.07, 6.45) is 0. The lowest BCUT2D eigenvalue weighted by Gasteiger charge is -2.10. The highest BCUT2D eigenvalue weighted by Crippen LogP contribution is 2.26. The highest BCUT2D eigenvalue weighted by molar-refractivity contribution is 9.10. The van der Waals surface area contributed by atoms with Gasteiger partial charge < -0.3 is 15.4 Å². The molecule has 0 spiro atoms. The standard InChI is InChI=1S/C21H16BrClN2O3/c1-28-19-9-8-14(11-18(19)22)21(27)25-17-7-3-6-16(12-17)24-20(26)13-4-2-5-15(23)10-13/h2-12H,1H3,(H,24,26)(H,25,27). The Bertz CT molecular complexity index is 1040. The molecule has 7 heteroatoms. The molecule has 3 aromatic rings. The van der Waals surface area contributed by atoms with E-state index in [2.05, 4.69) is 26.6 Å². The molecule has 0 aliphatic rings. The third kappa shape index (κ3) is 4.91. The van der Waals surface area contributed by atoms with Crippen molar-refractivity contribution in [2.45, 2.75) is 0 Å². The summed E-state index contributed by atoms with van der Waals surface area (Å²) in [4.78, 5) is 24.8. The molecule has 0 fully saturated rings. The molecule has 0 aromatic heterocycles. The number of rotatable bonds is 5. The summed E-state index contributed by atoms with van der Waals surface area (Å²) in [6.45, 7) is 0. The van der Waals surface area contributed by atoms with Crippen molar-refractivity contribution in [1.29, 1.82) is 0 Å². The summed E-state index contributed by atoms with van der Waals surface area (Å²) < 4.78 is 5.85. The molecule has 3 aromatic carbocycles. The van der Waals surface area contributed by atoms with Crippen LogP contribution in [0.2, 0.25) is 5.02 Å². The molecule has 0 aliphatic carbocycles. The van der Waals surface area contributed by atoms with E-state index >= 15 is 0 Å². The summed E-state index contributed by atoms with van der Waals surface area (Å²) in [7, 11) is 1.56. The Morgan fingerprint density at radius 1 is 0.857 bits per heavy atom. The van der Waals surface area contributed by atoms with Gasteiger partial charge in [0.1, 0.15) is 5.75 Å². The highest BCUT2D eigenvalue weighted by Gasteiger charge is 2.11. The SMILES string of the molecule is COc1ccc(C(=O)Nc2cccc(NC(=O)c3cccc(Cl)c3)c2)cc1Br.